The third kappa shape index (κ3) is 6.46. The van der Waals surface area contributed by atoms with Gasteiger partial charge in [0.2, 0.25) is 15.9 Å². The zero-order chi connectivity index (χ0) is 24.2. The number of carbonyl (C=O) groups is 1. The summed E-state index contributed by atoms with van der Waals surface area (Å²) in [4.78, 5) is 12.5. The lowest BCUT2D eigenvalue weighted by molar-refractivity contribution is -0.115. The molecule has 0 spiro atoms. The van der Waals surface area contributed by atoms with Crippen molar-refractivity contribution in [2.75, 3.05) is 5.32 Å². The molecule has 0 aliphatic heterocycles. The van der Waals surface area contributed by atoms with Crippen molar-refractivity contribution in [1.82, 2.24) is 0 Å². The third-order valence-corrected chi connectivity index (χ3v) is 6.17. The number of amides is 1. The molecule has 170 valence electrons. The van der Waals surface area contributed by atoms with Crippen LogP contribution in [-0.4, -0.2) is 14.3 Å². The number of aryl methyl sites for hydroxylation is 1. The topological polar surface area (TPSA) is 122 Å². The summed E-state index contributed by atoms with van der Waals surface area (Å²) in [7, 11) is -3.90. The van der Waals surface area contributed by atoms with E-state index in [-0.39, 0.29) is 27.9 Å². The van der Waals surface area contributed by atoms with Crippen LogP contribution in [0.3, 0.4) is 0 Å². The number of hydrogen-bond donors (Lipinski definition) is 2. The fraction of sp³-hybridized carbons (Fsp3) is 0.130. The van der Waals surface area contributed by atoms with Crippen LogP contribution in [0.25, 0.3) is 0 Å². The van der Waals surface area contributed by atoms with Crippen LogP contribution in [0.4, 0.5) is 5.69 Å². The maximum Gasteiger partial charge on any atom is 0.238 e. The zero-order valence-electron chi connectivity index (χ0n) is 17.4. The Bertz CT molecular complexity index is 1370. The van der Waals surface area contributed by atoms with E-state index in [1.165, 1.54) is 18.2 Å². The van der Waals surface area contributed by atoms with Crippen molar-refractivity contribution in [2.45, 2.75) is 24.7 Å². The molecule has 0 fully saturated rings. The van der Waals surface area contributed by atoms with Gasteiger partial charge in [0.05, 0.1) is 38.7 Å². The summed E-state index contributed by atoms with van der Waals surface area (Å²) in [5.41, 5.74) is 2.30. The van der Waals surface area contributed by atoms with Crippen LogP contribution in [0, 0.1) is 11.3 Å². The van der Waals surface area contributed by atoms with Crippen LogP contribution in [0.15, 0.2) is 59.5 Å². The van der Waals surface area contributed by atoms with Crippen molar-refractivity contribution in [2.24, 2.45) is 5.14 Å². The number of primary sulfonamides is 1. The first kappa shape index (κ1) is 24.6. The molecular weight excluding hydrogens is 485 g/mol. The Kier molecular flexibility index (Phi) is 7.61. The van der Waals surface area contributed by atoms with Gasteiger partial charge in [0.25, 0.3) is 0 Å². The number of rotatable bonds is 7. The van der Waals surface area contributed by atoms with E-state index in [1.54, 1.807) is 24.3 Å². The van der Waals surface area contributed by atoms with Crippen molar-refractivity contribution in [3.05, 3.63) is 81.3 Å². The van der Waals surface area contributed by atoms with Crippen LogP contribution in [0.1, 0.15) is 23.6 Å². The maximum atomic E-state index is 12.6. The van der Waals surface area contributed by atoms with Crippen molar-refractivity contribution >= 4 is 44.8 Å². The highest BCUT2D eigenvalue weighted by atomic mass is 35.5. The highest BCUT2D eigenvalue weighted by Gasteiger charge is 2.14. The highest BCUT2D eigenvalue weighted by Crippen LogP contribution is 2.32. The predicted octanol–water partition coefficient (Wildman–Crippen LogP) is 5.05. The van der Waals surface area contributed by atoms with Gasteiger partial charge in [0.15, 0.2) is 0 Å². The van der Waals surface area contributed by atoms with Gasteiger partial charge < -0.3 is 10.1 Å². The molecule has 33 heavy (non-hydrogen) atoms. The average molecular weight is 504 g/mol. The summed E-state index contributed by atoms with van der Waals surface area (Å²) in [5, 5.41) is 17.3. The van der Waals surface area contributed by atoms with E-state index >= 15 is 0 Å². The number of hydrogen-bond acceptors (Lipinski definition) is 5. The molecule has 0 saturated carbocycles. The summed E-state index contributed by atoms with van der Waals surface area (Å²) >= 11 is 12.3. The van der Waals surface area contributed by atoms with Gasteiger partial charge in [-0.25, -0.2) is 13.6 Å². The summed E-state index contributed by atoms with van der Waals surface area (Å²) in [5.74, 6) is 0.453. The van der Waals surface area contributed by atoms with Gasteiger partial charge >= 0.3 is 0 Å². The molecule has 3 N–H and O–H groups in total. The minimum absolute atomic E-state index is 0.0173. The molecule has 0 bridgehead atoms. The molecule has 10 heteroatoms. The van der Waals surface area contributed by atoms with Crippen molar-refractivity contribution < 1.29 is 17.9 Å². The number of nitriles is 1. The van der Waals surface area contributed by atoms with E-state index in [4.69, 9.17) is 38.3 Å². The third-order valence-electron chi connectivity index (χ3n) is 4.63. The van der Waals surface area contributed by atoms with Crippen molar-refractivity contribution in [3.63, 3.8) is 0 Å². The average Bonchev–Trinajstić information content (AvgIpc) is 2.75. The smallest absolute Gasteiger partial charge is 0.238 e. The fourth-order valence-corrected chi connectivity index (χ4v) is 4.01. The molecule has 3 aromatic carbocycles. The molecule has 3 rings (SSSR count). The lowest BCUT2D eigenvalue weighted by Crippen LogP contribution is -2.16. The van der Waals surface area contributed by atoms with Crippen LogP contribution < -0.4 is 15.2 Å². The Morgan fingerprint density at radius 3 is 2.42 bits per heavy atom. The second kappa shape index (κ2) is 10.2. The molecule has 0 atom stereocenters. The zero-order valence-corrected chi connectivity index (χ0v) is 19.8. The quantitative estimate of drug-likeness (QED) is 0.466. The second-order valence-corrected chi connectivity index (χ2v) is 9.49. The van der Waals surface area contributed by atoms with Gasteiger partial charge in [-0.15, -0.1) is 0 Å². The van der Waals surface area contributed by atoms with E-state index in [0.29, 0.717) is 34.1 Å². The first-order chi connectivity index (χ1) is 15.6. The number of carbonyl (C=O) groups excluding carboxylic acids is 1. The summed E-state index contributed by atoms with van der Waals surface area (Å²) < 4.78 is 28.8. The van der Waals surface area contributed by atoms with Crippen LogP contribution in [0.2, 0.25) is 10.0 Å². The molecule has 0 unspecified atom stereocenters. The van der Waals surface area contributed by atoms with Gasteiger partial charge in [-0.2, -0.15) is 5.26 Å². The molecule has 0 aromatic heterocycles. The number of nitrogens with two attached hydrogens (primary N) is 1. The van der Waals surface area contributed by atoms with Gasteiger partial charge in [-0.1, -0.05) is 36.2 Å². The minimum atomic E-state index is -3.90. The number of nitrogens with one attached hydrogen (secondary N) is 1. The van der Waals surface area contributed by atoms with Crippen LogP contribution in [0.5, 0.6) is 11.5 Å². The van der Waals surface area contributed by atoms with Crippen molar-refractivity contribution in [3.8, 4) is 17.6 Å². The highest BCUT2D eigenvalue weighted by molar-refractivity contribution is 7.89. The molecule has 0 aliphatic carbocycles. The van der Waals surface area contributed by atoms with Crippen LogP contribution in [-0.2, 0) is 27.7 Å². The molecule has 0 radical (unpaired) electrons. The number of benzene rings is 3. The van der Waals surface area contributed by atoms with Gasteiger partial charge in [-0.3, -0.25) is 4.79 Å². The van der Waals surface area contributed by atoms with Gasteiger partial charge in [0, 0.05) is 6.07 Å². The van der Waals surface area contributed by atoms with E-state index in [0.717, 1.165) is 5.56 Å². The molecule has 1 amide bonds. The number of anilines is 1. The molecule has 0 saturated heterocycles. The first-order valence-corrected chi connectivity index (χ1v) is 12.0. The lowest BCUT2D eigenvalue weighted by Gasteiger charge is -2.12. The largest absolute Gasteiger partial charge is 0.456 e. The number of halogens is 2. The number of sulfonamides is 1. The lowest BCUT2D eigenvalue weighted by atomic mass is 10.1. The predicted molar refractivity (Wildman–Crippen MR) is 127 cm³/mol. The fourth-order valence-electron chi connectivity index (χ4n) is 3.03. The number of ether oxygens (including phenoxy) is 1. The van der Waals surface area contributed by atoms with E-state index in [2.05, 4.69) is 5.32 Å². The standard InChI is InChI=1S/C23H19Cl2N3O4S/c1-2-14-7-16(9-17(8-14)32-22-10-15(13-26)3-5-19(22)24)11-23(29)28-21-6-4-18(12-20(21)25)33(27,30)31/h3-10,12H,2,11H2,1H3,(H,28,29)(H2,27,30,31). The summed E-state index contributed by atoms with van der Waals surface area (Å²) in [6.07, 6.45) is 0.724. The van der Waals surface area contributed by atoms with Gasteiger partial charge in [-0.05, 0) is 60.0 Å². The Morgan fingerprint density at radius 1 is 1.06 bits per heavy atom. The maximum absolute atomic E-state index is 12.6. The van der Waals surface area contributed by atoms with Gasteiger partial charge in [0.1, 0.15) is 11.5 Å². The monoisotopic (exact) mass is 503 g/mol. The van der Waals surface area contributed by atoms with E-state index in [9.17, 15) is 13.2 Å². The summed E-state index contributed by atoms with van der Waals surface area (Å²) in [6.45, 7) is 1.97. The summed E-state index contributed by atoms with van der Waals surface area (Å²) in [6, 6.07) is 16.0. The second-order valence-electron chi connectivity index (χ2n) is 7.11. The van der Waals surface area contributed by atoms with E-state index in [1.807, 2.05) is 25.1 Å². The molecule has 0 aliphatic rings. The Labute approximate surface area is 201 Å². The Morgan fingerprint density at radius 2 is 1.79 bits per heavy atom. The Hall–Kier alpha value is -3.09. The molecule has 0 heterocycles. The SMILES string of the molecule is CCc1cc(CC(=O)Nc2ccc(S(N)(=O)=O)cc2Cl)cc(Oc2cc(C#N)ccc2Cl)c1. The van der Waals surface area contributed by atoms with Crippen LogP contribution >= 0.6 is 23.2 Å². The van der Waals surface area contributed by atoms with E-state index < -0.39 is 10.0 Å². The Balaban J connectivity index is 1.80. The molecular formula is C23H19Cl2N3O4S. The molecule has 7 nitrogen and oxygen atoms in total. The van der Waals surface area contributed by atoms with Crippen molar-refractivity contribution in [1.29, 1.82) is 5.26 Å². The normalized spacial score (nSPS) is 11.0. The minimum Gasteiger partial charge on any atom is -0.456 e. The molecule has 3 aromatic rings. The number of nitrogens with zero attached hydrogens (tertiary/aromatic N) is 1. The first-order valence-electron chi connectivity index (χ1n) is 9.71.